The lowest BCUT2D eigenvalue weighted by atomic mass is 9.89. The van der Waals surface area contributed by atoms with Crippen molar-refractivity contribution in [2.24, 2.45) is 0 Å². The van der Waals surface area contributed by atoms with Gasteiger partial charge in [-0.3, -0.25) is 4.79 Å². The number of hydrogen-bond acceptors (Lipinski definition) is 7. The van der Waals surface area contributed by atoms with E-state index >= 15 is 0 Å². The number of methoxy groups -OCH3 is 2. The van der Waals surface area contributed by atoms with Crippen molar-refractivity contribution < 1.29 is 34.0 Å². The van der Waals surface area contributed by atoms with E-state index in [9.17, 15) is 15.0 Å². The predicted molar refractivity (Wildman–Crippen MR) is 123 cm³/mol. The van der Waals surface area contributed by atoms with Gasteiger partial charge in [-0.1, -0.05) is 24.3 Å². The number of nitrogens with one attached hydrogen (secondary N) is 1. The Balaban J connectivity index is 1.93. The van der Waals surface area contributed by atoms with Crippen LogP contribution in [0.25, 0.3) is 11.1 Å². The minimum atomic E-state index is -1.29. The molecule has 3 rings (SSSR count). The van der Waals surface area contributed by atoms with E-state index in [1.54, 1.807) is 27.0 Å². The number of hydrogen-bond donors (Lipinski definition) is 3. The van der Waals surface area contributed by atoms with Crippen LogP contribution in [0.1, 0.15) is 26.3 Å². The van der Waals surface area contributed by atoms with Crippen molar-refractivity contribution >= 4 is 5.91 Å². The molecule has 2 aromatic carbocycles. The van der Waals surface area contributed by atoms with Crippen LogP contribution in [0.5, 0.6) is 11.5 Å². The van der Waals surface area contributed by atoms with Crippen LogP contribution in [0.2, 0.25) is 0 Å². The molecule has 8 heteroatoms. The van der Waals surface area contributed by atoms with Crippen LogP contribution >= 0.6 is 0 Å². The smallest absolute Gasteiger partial charge is 0.229 e. The van der Waals surface area contributed by atoms with E-state index in [-0.39, 0.29) is 5.91 Å². The highest BCUT2D eigenvalue weighted by atomic mass is 16.7. The summed E-state index contributed by atoms with van der Waals surface area (Å²) in [6.07, 6.45) is -3.65. The highest BCUT2D eigenvalue weighted by Gasteiger charge is 2.50. The monoisotopic (exact) mass is 459 g/mol. The van der Waals surface area contributed by atoms with Gasteiger partial charge in [0.05, 0.1) is 12.7 Å². The van der Waals surface area contributed by atoms with Crippen LogP contribution in [-0.4, -0.2) is 67.1 Å². The maximum Gasteiger partial charge on any atom is 0.229 e. The maximum absolute atomic E-state index is 11.3. The summed E-state index contributed by atoms with van der Waals surface area (Å²) in [5.41, 5.74) is 1.86. The Morgan fingerprint density at radius 2 is 1.82 bits per heavy atom. The van der Waals surface area contributed by atoms with E-state index in [4.69, 9.17) is 18.9 Å². The van der Waals surface area contributed by atoms with E-state index in [0.29, 0.717) is 24.5 Å². The first-order chi connectivity index (χ1) is 15.7. The van der Waals surface area contributed by atoms with Crippen LogP contribution in [-0.2, 0) is 20.7 Å². The molecule has 0 spiro atoms. The van der Waals surface area contributed by atoms with Crippen LogP contribution in [0, 0.1) is 0 Å². The molecule has 0 bridgehead atoms. The van der Waals surface area contributed by atoms with Gasteiger partial charge in [-0.15, -0.1) is 0 Å². The number of carbonyl (C=O) groups is 1. The molecule has 3 N–H and O–H groups in total. The minimum Gasteiger partial charge on any atom is -0.496 e. The fourth-order valence-corrected chi connectivity index (χ4v) is 4.18. The topological polar surface area (TPSA) is 106 Å². The summed E-state index contributed by atoms with van der Waals surface area (Å²) >= 11 is 0. The maximum atomic E-state index is 11.3. The van der Waals surface area contributed by atoms with Crippen molar-refractivity contribution in [2.75, 3.05) is 20.8 Å². The lowest BCUT2D eigenvalue weighted by molar-refractivity contribution is -0.305. The van der Waals surface area contributed by atoms with Gasteiger partial charge >= 0.3 is 0 Å². The average Bonchev–Trinajstić information content (AvgIpc) is 2.78. The van der Waals surface area contributed by atoms with Gasteiger partial charge in [0.2, 0.25) is 12.2 Å². The molecule has 1 unspecified atom stereocenters. The van der Waals surface area contributed by atoms with Gasteiger partial charge < -0.3 is 34.5 Å². The molecule has 1 aliphatic heterocycles. The number of aliphatic hydroxyl groups excluding tert-OH is 2. The molecular weight excluding hydrogens is 426 g/mol. The van der Waals surface area contributed by atoms with Gasteiger partial charge in [0.15, 0.2) is 0 Å². The van der Waals surface area contributed by atoms with Crippen LogP contribution in [0.4, 0.5) is 0 Å². The summed E-state index contributed by atoms with van der Waals surface area (Å²) in [5, 5.41) is 23.9. The molecule has 8 nitrogen and oxygen atoms in total. The molecule has 0 aromatic heterocycles. The zero-order chi connectivity index (χ0) is 24.2. The first kappa shape index (κ1) is 25.0. The molecule has 1 amide bonds. The third-order valence-electron chi connectivity index (χ3n) is 5.80. The number of aliphatic hydroxyl groups is 2. The second-order valence-corrected chi connectivity index (χ2v) is 8.60. The summed E-state index contributed by atoms with van der Waals surface area (Å²) in [5.74, 6) is 1.07. The normalized spacial score (nSPS) is 24.2. The second kappa shape index (κ2) is 10.5. The number of para-hydroxylation sites is 1. The third kappa shape index (κ3) is 5.65. The standard InChI is InChI=1S/C25H33NO7/c1-15(27)26-13-12-16-10-11-17(14-19(16)18-8-6-7-9-20(18)30-4)32-24-22(29)21(28)23(31-5)25(2,3)33-24/h6-11,14,21-24,28-29H,12-13H2,1-5H3,(H,26,27)/t21-,22+,23?,24-/m0/s1. The number of rotatable bonds is 8. The Hall–Kier alpha value is -2.65. The quantitative estimate of drug-likeness (QED) is 0.556. The summed E-state index contributed by atoms with van der Waals surface area (Å²) < 4.78 is 22.8. The van der Waals surface area contributed by atoms with E-state index in [2.05, 4.69) is 5.32 Å². The fraction of sp³-hybridized carbons (Fsp3) is 0.480. The van der Waals surface area contributed by atoms with Crippen molar-refractivity contribution in [2.45, 2.75) is 57.4 Å². The fourth-order valence-electron chi connectivity index (χ4n) is 4.18. The number of ether oxygens (including phenoxy) is 4. The Morgan fingerprint density at radius 3 is 2.48 bits per heavy atom. The first-order valence-electron chi connectivity index (χ1n) is 10.9. The number of benzene rings is 2. The second-order valence-electron chi connectivity index (χ2n) is 8.60. The van der Waals surface area contributed by atoms with Gasteiger partial charge in [-0.2, -0.15) is 0 Å². The molecule has 33 heavy (non-hydrogen) atoms. The summed E-state index contributed by atoms with van der Waals surface area (Å²) in [6.45, 7) is 5.52. The first-order valence-corrected chi connectivity index (χ1v) is 10.9. The molecule has 0 saturated carbocycles. The summed E-state index contributed by atoms with van der Waals surface area (Å²) in [6, 6.07) is 13.2. The molecular formula is C25H33NO7. The number of carbonyl (C=O) groups excluding carboxylic acids is 1. The largest absolute Gasteiger partial charge is 0.496 e. The van der Waals surface area contributed by atoms with E-state index in [0.717, 1.165) is 16.7 Å². The SMILES string of the molecule is COc1ccccc1-c1cc(O[C@H]2OC(C)(C)C(OC)[C@@H](O)[C@H]2O)ccc1CCNC(C)=O. The van der Waals surface area contributed by atoms with Crippen LogP contribution in [0.3, 0.4) is 0 Å². The highest BCUT2D eigenvalue weighted by molar-refractivity contribution is 5.75. The predicted octanol–water partition coefficient (Wildman–Crippen LogP) is 2.29. The number of amides is 1. The molecule has 4 atom stereocenters. The molecule has 1 aliphatic rings. The highest BCUT2D eigenvalue weighted by Crippen LogP contribution is 2.37. The molecule has 1 fully saturated rings. The lowest BCUT2D eigenvalue weighted by Gasteiger charge is -2.46. The van der Waals surface area contributed by atoms with E-state index in [1.165, 1.54) is 14.0 Å². The van der Waals surface area contributed by atoms with Crippen molar-refractivity contribution in [1.82, 2.24) is 5.32 Å². The van der Waals surface area contributed by atoms with Crippen molar-refractivity contribution in [3.63, 3.8) is 0 Å². The molecule has 0 radical (unpaired) electrons. The van der Waals surface area contributed by atoms with Gasteiger partial charge in [0.25, 0.3) is 0 Å². The Labute approximate surface area is 194 Å². The Morgan fingerprint density at radius 1 is 1.09 bits per heavy atom. The molecule has 0 aliphatic carbocycles. The van der Waals surface area contributed by atoms with Crippen LogP contribution in [0.15, 0.2) is 42.5 Å². The Kier molecular flexibility index (Phi) is 7.97. The van der Waals surface area contributed by atoms with Crippen molar-refractivity contribution in [3.05, 3.63) is 48.0 Å². The van der Waals surface area contributed by atoms with Gasteiger partial charge in [-0.25, -0.2) is 0 Å². The van der Waals surface area contributed by atoms with Gasteiger partial charge in [-0.05, 0) is 49.6 Å². The van der Waals surface area contributed by atoms with Gasteiger partial charge in [0.1, 0.15) is 29.8 Å². The zero-order valence-electron chi connectivity index (χ0n) is 19.7. The van der Waals surface area contributed by atoms with E-state index in [1.807, 2.05) is 36.4 Å². The van der Waals surface area contributed by atoms with Crippen molar-refractivity contribution in [3.8, 4) is 22.6 Å². The van der Waals surface area contributed by atoms with Crippen LogP contribution < -0.4 is 14.8 Å². The minimum absolute atomic E-state index is 0.0900. The lowest BCUT2D eigenvalue weighted by Crippen LogP contribution is -2.63. The third-order valence-corrected chi connectivity index (χ3v) is 5.80. The molecule has 180 valence electrons. The average molecular weight is 460 g/mol. The van der Waals surface area contributed by atoms with Gasteiger partial charge in [0, 0.05) is 26.1 Å². The summed E-state index contributed by atoms with van der Waals surface area (Å²) in [7, 11) is 3.07. The Bertz CT molecular complexity index is 962. The van der Waals surface area contributed by atoms with Crippen molar-refractivity contribution in [1.29, 1.82) is 0 Å². The molecule has 1 saturated heterocycles. The summed E-state index contributed by atoms with van der Waals surface area (Å²) in [4.78, 5) is 11.3. The van der Waals surface area contributed by atoms with E-state index < -0.39 is 30.2 Å². The molecule has 1 heterocycles. The molecule has 2 aromatic rings. The zero-order valence-corrected chi connectivity index (χ0v) is 19.7.